The number of rotatable bonds is 15. The number of piperazine rings is 1. The van der Waals surface area contributed by atoms with Crippen LogP contribution in [0.1, 0.15) is 42.5 Å². The third-order valence-electron chi connectivity index (χ3n) is 8.97. The van der Waals surface area contributed by atoms with Gasteiger partial charge in [0.25, 0.3) is 15.9 Å². The van der Waals surface area contributed by atoms with Gasteiger partial charge in [0.2, 0.25) is 0 Å². The summed E-state index contributed by atoms with van der Waals surface area (Å²) < 4.78 is 30.2. The van der Waals surface area contributed by atoms with Crippen LogP contribution < -0.4 is 20.4 Å². The zero-order valence-corrected chi connectivity index (χ0v) is 32.0. The lowest BCUT2D eigenvalue weighted by molar-refractivity contribution is -0.825. The van der Waals surface area contributed by atoms with E-state index in [0.717, 1.165) is 73.9 Å². The molecule has 0 bridgehead atoms. The van der Waals surface area contributed by atoms with Gasteiger partial charge in [-0.3, -0.25) is 9.69 Å². The molecule has 0 saturated carbocycles. The Bertz CT molecular complexity index is 1680. The number of nitrogens with two attached hydrogens (primary N) is 1. The number of nitrogens with zero attached hydrogens (tertiary/aromatic N) is 3. The fraction of sp³-hybridized carbons (Fsp3) is 0.417. The Kier molecular flexibility index (Phi) is 15.2. The lowest BCUT2D eigenvalue weighted by Gasteiger charge is -2.37. The first-order valence-corrected chi connectivity index (χ1v) is 20.1. The average molecular weight is 791 g/mol. The lowest BCUT2D eigenvalue weighted by Crippen LogP contribution is -2.74. The first kappa shape index (κ1) is 39.8. The van der Waals surface area contributed by atoms with E-state index in [4.69, 9.17) is 0 Å². The van der Waals surface area contributed by atoms with Gasteiger partial charge >= 0.3 is 0 Å². The van der Waals surface area contributed by atoms with Crippen LogP contribution in [0.3, 0.4) is 0 Å². The summed E-state index contributed by atoms with van der Waals surface area (Å²) in [5.74, 6) is 0.0749. The summed E-state index contributed by atoms with van der Waals surface area (Å²) in [6.45, 7) is 5.59. The van der Waals surface area contributed by atoms with E-state index in [1.165, 1.54) is 41.5 Å². The molecule has 272 valence electrons. The minimum atomic E-state index is -4.20. The fourth-order valence-electron chi connectivity index (χ4n) is 6.08. The highest BCUT2D eigenvalue weighted by Gasteiger charge is 2.24. The lowest BCUT2D eigenvalue weighted by atomic mass is 9.99. The van der Waals surface area contributed by atoms with Gasteiger partial charge in [-0.1, -0.05) is 34.1 Å². The van der Waals surface area contributed by atoms with Gasteiger partial charge in [0.15, 0.2) is 5.69 Å². The maximum atomic E-state index is 13.3. The maximum Gasteiger partial charge on any atom is 0.264 e. The van der Waals surface area contributed by atoms with E-state index in [9.17, 15) is 18.4 Å². The highest BCUT2D eigenvalue weighted by atomic mass is 79.9. The molecule has 1 atom stereocenters. The van der Waals surface area contributed by atoms with Gasteiger partial charge in [-0.2, -0.15) is 5.48 Å². The Morgan fingerprint density at radius 2 is 1.70 bits per heavy atom. The number of sulfonamides is 1. The zero-order chi connectivity index (χ0) is 34.8. The summed E-state index contributed by atoms with van der Waals surface area (Å²) >= 11 is 5.51. The molecule has 14 heteroatoms. The summed E-state index contributed by atoms with van der Waals surface area (Å²) in [6, 6.07) is 21.7. The second kappa shape index (κ2) is 19.0. The van der Waals surface area contributed by atoms with Gasteiger partial charge in [0.1, 0.15) is 0 Å². The van der Waals surface area contributed by atoms with Crippen LogP contribution >= 0.6 is 27.7 Å². The third kappa shape index (κ3) is 11.3. The van der Waals surface area contributed by atoms with Crippen LogP contribution in [0.25, 0.3) is 0 Å². The quantitative estimate of drug-likeness (QED) is 0.0996. The van der Waals surface area contributed by atoms with E-state index < -0.39 is 15.9 Å². The maximum absolute atomic E-state index is 13.3. The summed E-state index contributed by atoms with van der Waals surface area (Å²) in [5.41, 5.74) is 4.62. The molecule has 50 heavy (non-hydrogen) atoms. The zero-order valence-electron chi connectivity index (χ0n) is 28.8. The molecule has 2 aliphatic rings. The number of carbonyl (C=O) groups is 1. The first-order valence-electron chi connectivity index (χ1n) is 16.8. The number of carbonyl (C=O) groups excluding carboxylic acids is 1. The van der Waals surface area contributed by atoms with Crippen LogP contribution in [0.15, 0.2) is 92.6 Å². The number of hydrogen-bond acceptors (Lipinski definition) is 9. The monoisotopic (exact) mass is 789 g/mol. The number of thioether (sulfide) groups is 1. The highest BCUT2D eigenvalue weighted by molar-refractivity contribution is 9.11. The molecule has 0 unspecified atom stereocenters. The molecule has 7 N–H and O–H groups in total. The fourth-order valence-corrected chi connectivity index (χ4v) is 8.69. The largest absolute Gasteiger partial charge is 0.412 e. The van der Waals surface area contributed by atoms with Gasteiger partial charge in [-0.05, 0) is 111 Å². The van der Waals surface area contributed by atoms with Crippen LogP contribution in [0.4, 0.5) is 17.1 Å². The number of anilines is 2. The van der Waals surface area contributed by atoms with Crippen LogP contribution in [-0.4, -0.2) is 100.0 Å². The van der Waals surface area contributed by atoms with E-state index in [0.29, 0.717) is 11.4 Å². The van der Waals surface area contributed by atoms with Crippen LogP contribution in [0.2, 0.25) is 0 Å². The Balaban J connectivity index is 0.00000562. The molecule has 1 fully saturated rings. The molecule has 5 rings (SSSR count). The van der Waals surface area contributed by atoms with Crippen LogP contribution in [0.5, 0.6) is 0 Å². The Hall–Kier alpha value is -2.95. The van der Waals surface area contributed by atoms with Gasteiger partial charge < -0.3 is 20.6 Å². The highest BCUT2D eigenvalue weighted by Crippen LogP contribution is 2.30. The first-order chi connectivity index (χ1) is 23.6. The van der Waals surface area contributed by atoms with Gasteiger partial charge in [0, 0.05) is 66.7 Å². The van der Waals surface area contributed by atoms with E-state index in [1.54, 1.807) is 30.0 Å². The van der Waals surface area contributed by atoms with E-state index in [-0.39, 0.29) is 22.0 Å². The number of hydrogen-bond donors (Lipinski definition) is 4. The summed E-state index contributed by atoms with van der Waals surface area (Å²) in [7, 11) is -0.154. The van der Waals surface area contributed by atoms with E-state index in [2.05, 4.69) is 52.8 Å². The Morgan fingerprint density at radius 3 is 2.36 bits per heavy atom. The van der Waals surface area contributed by atoms with Crippen molar-refractivity contribution in [3.63, 3.8) is 0 Å². The molecule has 1 aliphatic heterocycles. The Labute approximate surface area is 308 Å². The average Bonchev–Trinajstić information content (AvgIpc) is 3.11. The normalized spacial score (nSPS) is 16.2. The number of quaternary nitrogens is 1. The minimum Gasteiger partial charge on any atom is -0.412 e. The molecule has 1 saturated heterocycles. The molecular weight excluding hydrogens is 740 g/mol. The van der Waals surface area contributed by atoms with Gasteiger partial charge in [-0.25, -0.2) is 18.3 Å². The second-order valence-electron chi connectivity index (χ2n) is 12.9. The van der Waals surface area contributed by atoms with Crippen molar-refractivity contribution < 1.29 is 29.4 Å². The third-order valence-corrected chi connectivity index (χ3v) is 12.4. The van der Waals surface area contributed by atoms with E-state index >= 15 is 0 Å². The van der Waals surface area contributed by atoms with Crippen molar-refractivity contribution in [3.8, 4) is 0 Å². The number of amides is 1. The van der Waals surface area contributed by atoms with Crippen molar-refractivity contribution >= 4 is 60.7 Å². The van der Waals surface area contributed by atoms with Crippen molar-refractivity contribution in [3.05, 3.63) is 88.4 Å². The molecule has 1 amide bonds. The smallest absolute Gasteiger partial charge is 0.264 e. The van der Waals surface area contributed by atoms with Crippen molar-refractivity contribution in [1.82, 2.24) is 14.5 Å². The topological polar surface area (TPSA) is 153 Å². The number of allylic oxidation sites excluding steroid dienone is 1. The van der Waals surface area contributed by atoms with Crippen LogP contribution in [0, 0.1) is 0 Å². The number of nitrogens with one attached hydrogen (secondary N) is 2. The molecule has 0 radical (unpaired) electrons. The predicted molar refractivity (Wildman–Crippen MR) is 205 cm³/mol. The van der Waals surface area contributed by atoms with Gasteiger partial charge in [0.05, 0.1) is 10.6 Å². The molecule has 1 heterocycles. The van der Waals surface area contributed by atoms with Crippen molar-refractivity contribution in [1.29, 1.82) is 0 Å². The molecule has 0 aromatic heterocycles. The molecular formula is C36H50BrN6O5S2+. The molecule has 11 nitrogen and oxygen atoms in total. The second-order valence-corrected chi connectivity index (χ2v) is 16.6. The van der Waals surface area contributed by atoms with Crippen molar-refractivity contribution in [2.75, 3.05) is 69.3 Å². The SMILES string of the molecule is CN(C)CC[C@H](CSc1ccccc1)Nc1ccc(S(=O)(=O)NC(=O)c2ccc(N3CCN(CC4=C(Br)CCCC4)CC3)cc2)cc1[NH2+]O.O. The molecule has 0 spiro atoms. The molecule has 3 aromatic carbocycles. The summed E-state index contributed by atoms with van der Waals surface area (Å²) in [4.78, 5) is 21.0. The predicted octanol–water partition coefficient (Wildman–Crippen LogP) is 4.43. The van der Waals surface area contributed by atoms with Crippen molar-refractivity contribution in [2.45, 2.75) is 47.9 Å². The van der Waals surface area contributed by atoms with Crippen molar-refractivity contribution in [2.24, 2.45) is 0 Å². The molecule has 1 aliphatic carbocycles. The van der Waals surface area contributed by atoms with Crippen LogP contribution in [-0.2, 0) is 10.0 Å². The van der Waals surface area contributed by atoms with Gasteiger partial charge in [-0.15, -0.1) is 11.8 Å². The number of benzene rings is 3. The Morgan fingerprint density at radius 1 is 1.00 bits per heavy atom. The summed E-state index contributed by atoms with van der Waals surface area (Å²) in [6.07, 6.45) is 5.70. The number of halogens is 1. The molecule has 3 aromatic rings. The standard InChI is InChI=1S/C36H47BrN6O4S2.H2O/c1-41(2)19-18-29(26-48-31-9-4-3-5-10-31)38-34-17-16-32(24-35(34)39-45)49(46,47)40-36(44)27-12-14-30(15-13-27)43-22-20-42(21-23-43)25-28-8-6-7-11-33(28)37;/h3-5,9-10,12-17,24,29,38-39,45H,6-8,11,18-23,25-26H2,1-2H3,(H,40,44);1H2/p+1/t29-;/m1./s1. The minimum absolute atomic E-state index is 0. The summed E-state index contributed by atoms with van der Waals surface area (Å²) in [5, 5.41) is 13.6. The van der Waals surface area contributed by atoms with E-state index in [1.807, 2.05) is 44.4 Å².